The molecule has 0 saturated heterocycles. The third-order valence-electron chi connectivity index (χ3n) is 1.62. The van der Waals surface area contributed by atoms with Crippen molar-refractivity contribution in [3.63, 3.8) is 0 Å². The van der Waals surface area contributed by atoms with Gasteiger partial charge >= 0.3 is 0 Å². The monoisotopic (exact) mass is 176 g/mol. The van der Waals surface area contributed by atoms with Crippen LogP contribution in [0.1, 0.15) is 0 Å². The fourth-order valence-corrected chi connectivity index (χ4v) is 1.04. The second-order valence-electron chi connectivity index (χ2n) is 2.71. The van der Waals surface area contributed by atoms with Gasteiger partial charge in [0.05, 0.1) is 6.33 Å². The van der Waals surface area contributed by atoms with Crippen LogP contribution in [-0.4, -0.2) is 19.5 Å². The zero-order valence-corrected chi connectivity index (χ0v) is 7.06. The summed E-state index contributed by atoms with van der Waals surface area (Å²) in [4.78, 5) is 21.6. The molecule has 0 atom stereocenters. The van der Waals surface area contributed by atoms with E-state index < -0.39 is 0 Å². The van der Waals surface area contributed by atoms with Crippen molar-refractivity contribution in [3.8, 4) is 11.5 Å². The first kappa shape index (κ1) is 7.72. The topological polar surface area (TPSA) is 63.6 Å². The molecule has 5 heteroatoms. The SMILES string of the molecule is Cn1cnc(-c2nccc(=O)[nH]2)c1. The lowest BCUT2D eigenvalue weighted by atomic mass is 10.4. The Hall–Kier alpha value is -1.91. The molecule has 0 radical (unpaired) electrons. The highest BCUT2D eigenvalue weighted by Crippen LogP contribution is 2.07. The lowest BCUT2D eigenvalue weighted by Gasteiger charge is -1.92. The van der Waals surface area contributed by atoms with Crippen molar-refractivity contribution in [1.29, 1.82) is 0 Å². The van der Waals surface area contributed by atoms with E-state index >= 15 is 0 Å². The van der Waals surface area contributed by atoms with Gasteiger partial charge in [0, 0.05) is 25.5 Å². The molecule has 0 amide bonds. The van der Waals surface area contributed by atoms with Crippen LogP contribution in [0.5, 0.6) is 0 Å². The van der Waals surface area contributed by atoms with Gasteiger partial charge in [-0.15, -0.1) is 0 Å². The number of rotatable bonds is 1. The minimum Gasteiger partial charge on any atom is -0.340 e. The molecular formula is C8H8N4O. The number of hydrogen-bond acceptors (Lipinski definition) is 3. The van der Waals surface area contributed by atoms with Crippen molar-refractivity contribution in [3.05, 3.63) is 35.1 Å². The van der Waals surface area contributed by atoms with Crippen LogP contribution in [0.15, 0.2) is 29.6 Å². The Labute approximate surface area is 74.1 Å². The fraction of sp³-hybridized carbons (Fsp3) is 0.125. The maximum Gasteiger partial charge on any atom is 0.251 e. The maximum atomic E-state index is 10.9. The molecular weight excluding hydrogens is 168 g/mol. The van der Waals surface area contributed by atoms with Crippen LogP contribution < -0.4 is 5.56 Å². The Morgan fingerprint density at radius 3 is 2.92 bits per heavy atom. The van der Waals surface area contributed by atoms with Crippen LogP contribution in [0.3, 0.4) is 0 Å². The Morgan fingerprint density at radius 1 is 1.46 bits per heavy atom. The molecule has 2 aromatic heterocycles. The summed E-state index contributed by atoms with van der Waals surface area (Å²) in [6.07, 6.45) is 4.91. The fourth-order valence-electron chi connectivity index (χ4n) is 1.04. The molecule has 1 N–H and O–H groups in total. The van der Waals surface area contributed by atoms with Crippen LogP contribution in [0.2, 0.25) is 0 Å². The van der Waals surface area contributed by atoms with Crippen LogP contribution in [0, 0.1) is 0 Å². The van der Waals surface area contributed by atoms with Gasteiger partial charge in [0.1, 0.15) is 5.69 Å². The number of aromatic amines is 1. The predicted octanol–water partition coefficient (Wildman–Crippen LogP) is 0.170. The first-order valence-electron chi connectivity index (χ1n) is 3.79. The molecule has 0 aliphatic heterocycles. The highest BCUT2D eigenvalue weighted by molar-refractivity contribution is 5.46. The number of aryl methyl sites for hydroxylation is 1. The summed E-state index contributed by atoms with van der Waals surface area (Å²) in [6.45, 7) is 0. The maximum absolute atomic E-state index is 10.9. The average Bonchev–Trinajstić information content (AvgIpc) is 2.52. The van der Waals surface area contributed by atoms with Gasteiger partial charge in [-0.3, -0.25) is 4.79 Å². The highest BCUT2D eigenvalue weighted by Gasteiger charge is 2.01. The van der Waals surface area contributed by atoms with E-state index in [1.807, 2.05) is 7.05 Å². The third kappa shape index (κ3) is 1.48. The first-order valence-corrected chi connectivity index (χ1v) is 3.79. The molecule has 2 aromatic rings. The van der Waals surface area contributed by atoms with E-state index in [4.69, 9.17) is 0 Å². The Morgan fingerprint density at radius 2 is 2.31 bits per heavy atom. The molecule has 0 fully saturated rings. The molecule has 0 aliphatic carbocycles. The van der Waals surface area contributed by atoms with Gasteiger partial charge in [0.25, 0.3) is 5.56 Å². The van der Waals surface area contributed by atoms with Gasteiger partial charge in [-0.25, -0.2) is 9.97 Å². The van der Waals surface area contributed by atoms with Crippen molar-refractivity contribution in [2.45, 2.75) is 0 Å². The van der Waals surface area contributed by atoms with Gasteiger partial charge in [0.15, 0.2) is 5.82 Å². The van der Waals surface area contributed by atoms with E-state index in [9.17, 15) is 4.79 Å². The summed E-state index contributed by atoms with van der Waals surface area (Å²) >= 11 is 0. The zero-order valence-electron chi connectivity index (χ0n) is 7.06. The number of imidazole rings is 1. The molecule has 0 bridgehead atoms. The largest absolute Gasteiger partial charge is 0.340 e. The summed E-state index contributed by atoms with van der Waals surface area (Å²) in [6, 6.07) is 1.37. The third-order valence-corrected chi connectivity index (χ3v) is 1.62. The van der Waals surface area contributed by atoms with Gasteiger partial charge < -0.3 is 9.55 Å². The summed E-state index contributed by atoms with van der Waals surface area (Å²) in [7, 11) is 1.86. The Balaban J connectivity index is 2.52. The van der Waals surface area contributed by atoms with E-state index in [1.54, 1.807) is 17.1 Å². The van der Waals surface area contributed by atoms with Crippen LogP contribution in [0.25, 0.3) is 11.5 Å². The van der Waals surface area contributed by atoms with Crippen LogP contribution in [-0.2, 0) is 7.05 Å². The lowest BCUT2D eigenvalue weighted by Crippen LogP contribution is -2.05. The van der Waals surface area contributed by atoms with E-state index in [0.717, 1.165) is 0 Å². The molecule has 13 heavy (non-hydrogen) atoms. The van der Waals surface area contributed by atoms with Gasteiger partial charge in [-0.2, -0.15) is 0 Å². The summed E-state index contributed by atoms with van der Waals surface area (Å²) in [5, 5.41) is 0. The van der Waals surface area contributed by atoms with Gasteiger partial charge in [-0.1, -0.05) is 0 Å². The molecule has 2 heterocycles. The average molecular weight is 176 g/mol. The summed E-state index contributed by atoms with van der Waals surface area (Å²) < 4.78 is 1.79. The molecule has 66 valence electrons. The summed E-state index contributed by atoms with van der Waals surface area (Å²) in [5.74, 6) is 0.494. The highest BCUT2D eigenvalue weighted by atomic mass is 16.1. The second-order valence-corrected chi connectivity index (χ2v) is 2.71. The van der Waals surface area contributed by atoms with Crippen molar-refractivity contribution in [2.75, 3.05) is 0 Å². The van der Waals surface area contributed by atoms with Crippen molar-refractivity contribution < 1.29 is 0 Å². The smallest absolute Gasteiger partial charge is 0.251 e. The van der Waals surface area contributed by atoms with E-state index in [0.29, 0.717) is 11.5 Å². The van der Waals surface area contributed by atoms with E-state index in [1.165, 1.54) is 12.3 Å². The molecule has 0 saturated carbocycles. The molecule has 2 rings (SSSR count). The van der Waals surface area contributed by atoms with E-state index in [2.05, 4.69) is 15.0 Å². The molecule has 0 aromatic carbocycles. The van der Waals surface area contributed by atoms with Crippen LogP contribution in [0.4, 0.5) is 0 Å². The number of nitrogens with zero attached hydrogens (tertiary/aromatic N) is 3. The number of H-pyrrole nitrogens is 1. The van der Waals surface area contributed by atoms with Gasteiger partial charge in [-0.05, 0) is 0 Å². The second kappa shape index (κ2) is 2.85. The first-order chi connectivity index (χ1) is 6.25. The number of nitrogens with one attached hydrogen (secondary N) is 1. The van der Waals surface area contributed by atoms with Crippen molar-refractivity contribution in [1.82, 2.24) is 19.5 Å². The minimum atomic E-state index is -0.171. The standard InChI is InChI=1S/C8H8N4O/c1-12-4-6(10-5-12)8-9-3-2-7(13)11-8/h2-5H,1H3,(H,9,11,13). The minimum absolute atomic E-state index is 0.171. The normalized spacial score (nSPS) is 10.2. The quantitative estimate of drug-likeness (QED) is 0.673. The Bertz CT molecular complexity index is 471. The van der Waals surface area contributed by atoms with E-state index in [-0.39, 0.29) is 5.56 Å². The van der Waals surface area contributed by atoms with Crippen molar-refractivity contribution >= 4 is 0 Å². The predicted molar refractivity (Wildman–Crippen MR) is 47.1 cm³/mol. The zero-order chi connectivity index (χ0) is 9.26. The molecule has 0 unspecified atom stereocenters. The number of aromatic nitrogens is 4. The van der Waals surface area contributed by atoms with Gasteiger partial charge in [0.2, 0.25) is 0 Å². The lowest BCUT2D eigenvalue weighted by molar-refractivity contribution is 0.913. The van der Waals surface area contributed by atoms with Crippen LogP contribution >= 0.6 is 0 Å². The summed E-state index contributed by atoms with van der Waals surface area (Å²) in [5.41, 5.74) is 0.496. The number of hydrogen-bond donors (Lipinski definition) is 1. The Kier molecular flexibility index (Phi) is 1.70. The molecule has 0 aliphatic rings. The molecule has 5 nitrogen and oxygen atoms in total. The van der Waals surface area contributed by atoms with Crippen molar-refractivity contribution in [2.24, 2.45) is 7.05 Å². The molecule has 0 spiro atoms.